The highest BCUT2D eigenvalue weighted by Crippen LogP contribution is 2.46. The fourth-order valence-corrected chi connectivity index (χ4v) is 5.44. The molecule has 1 fully saturated rings. The van der Waals surface area contributed by atoms with E-state index in [1.165, 1.54) is 0 Å². The number of hydrogen-bond donors (Lipinski definition) is 0. The Morgan fingerprint density at radius 1 is 0.927 bits per heavy atom. The lowest BCUT2D eigenvalue weighted by atomic mass is 9.93. The summed E-state index contributed by atoms with van der Waals surface area (Å²) < 4.78 is 11.7. The zero-order chi connectivity index (χ0) is 29.1. The van der Waals surface area contributed by atoms with E-state index in [4.69, 9.17) is 37.7 Å². The molecule has 2 atom stereocenters. The van der Waals surface area contributed by atoms with E-state index in [2.05, 4.69) is 0 Å². The lowest BCUT2D eigenvalue weighted by molar-refractivity contribution is -0.119. The normalized spacial score (nSPS) is 18.9. The van der Waals surface area contributed by atoms with Gasteiger partial charge in [0, 0.05) is 42.3 Å². The van der Waals surface area contributed by atoms with Crippen LogP contribution in [0.3, 0.4) is 0 Å². The first-order valence-electron chi connectivity index (χ1n) is 13.5. The number of hydrogen-bond acceptors (Lipinski definition) is 5. The van der Waals surface area contributed by atoms with Crippen LogP contribution in [0.5, 0.6) is 11.5 Å². The number of methoxy groups -OCH3 is 1. The number of carbonyl (C=O) groups is 2. The maximum atomic E-state index is 14.5. The van der Waals surface area contributed by atoms with Gasteiger partial charge in [-0.25, -0.2) is 4.79 Å². The summed E-state index contributed by atoms with van der Waals surface area (Å²) in [5.74, 6) is 1.69. The molecule has 0 aromatic heterocycles. The lowest BCUT2D eigenvalue weighted by Crippen LogP contribution is -2.53. The van der Waals surface area contributed by atoms with Crippen LogP contribution in [0.2, 0.25) is 10.0 Å². The van der Waals surface area contributed by atoms with Gasteiger partial charge in [0.2, 0.25) is 6.41 Å². The van der Waals surface area contributed by atoms with Gasteiger partial charge in [0.05, 0.1) is 24.8 Å². The van der Waals surface area contributed by atoms with Crippen molar-refractivity contribution in [3.8, 4) is 11.5 Å². The molecule has 2 unspecified atom stereocenters. The maximum Gasteiger partial charge on any atom is 0.326 e. The average molecular weight is 596 g/mol. The quantitative estimate of drug-likeness (QED) is 0.304. The minimum atomic E-state index is -0.478. The van der Waals surface area contributed by atoms with Crippen LogP contribution in [0.15, 0.2) is 71.7 Å². The molecule has 2 aliphatic rings. The van der Waals surface area contributed by atoms with Crippen molar-refractivity contribution in [2.24, 2.45) is 4.99 Å². The zero-order valence-corrected chi connectivity index (χ0v) is 24.7. The third-order valence-corrected chi connectivity index (χ3v) is 7.73. The number of amidine groups is 1. The fraction of sp³-hybridized carbons (Fsp3) is 0.323. The summed E-state index contributed by atoms with van der Waals surface area (Å²) in [5.41, 5.74) is 2.47. The van der Waals surface area contributed by atoms with Crippen molar-refractivity contribution in [1.29, 1.82) is 0 Å². The van der Waals surface area contributed by atoms with Gasteiger partial charge in [-0.3, -0.25) is 14.7 Å². The van der Waals surface area contributed by atoms with Gasteiger partial charge < -0.3 is 19.3 Å². The predicted octanol–water partition coefficient (Wildman–Crippen LogP) is 6.23. The molecule has 0 spiro atoms. The molecule has 0 saturated carbocycles. The Morgan fingerprint density at radius 3 is 2.10 bits per heavy atom. The zero-order valence-electron chi connectivity index (χ0n) is 23.2. The molecule has 0 aliphatic carbocycles. The molecule has 2 aliphatic heterocycles. The molecule has 0 N–H and O–H groups in total. The monoisotopic (exact) mass is 594 g/mol. The van der Waals surface area contributed by atoms with Gasteiger partial charge in [-0.15, -0.1) is 0 Å². The van der Waals surface area contributed by atoms with Gasteiger partial charge >= 0.3 is 6.03 Å². The largest absolute Gasteiger partial charge is 0.497 e. The minimum Gasteiger partial charge on any atom is -0.497 e. The van der Waals surface area contributed by atoms with E-state index in [1.54, 1.807) is 21.8 Å². The number of carbonyl (C=O) groups excluding carboxylic acids is 2. The Hall–Kier alpha value is -3.75. The summed E-state index contributed by atoms with van der Waals surface area (Å²) in [6, 6.07) is 19.5. The van der Waals surface area contributed by atoms with Gasteiger partial charge in [0.15, 0.2) is 0 Å². The second kappa shape index (κ2) is 12.4. The molecule has 214 valence electrons. The van der Waals surface area contributed by atoms with Crippen molar-refractivity contribution in [2.45, 2.75) is 32.0 Å². The summed E-state index contributed by atoms with van der Waals surface area (Å²) in [6.07, 6.45) is 0.701. The average Bonchev–Trinajstić information content (AvgIpc) is 3.37. The third kappa shape index (κ3) is 6.14. The molecule has 1 saturated heterocycles. The summed E-state index contributed by atoms with van der Waals surface area (Å²) in [5, 5.41) is 1.21. The summed E-state index contributed by atoms with van der Waals surface area (Å²) in [4.78, 5) is 36.2. The fourth-order valence-electron chi connectivity index (χ4n) is 5.19. The van der Waals surface area contributed by atoms with E-state index in [0.717, 1.165) is 17.5 Å². The second-order valence-electron chi connectivity index (χ2n) is 10.3. The van der Waals surface area contributed by atoms with Gasteiger partial charge in [0.25, 0.3) is 0 Å². The molecule has 8 nitrogen and oxygen atoms in total. The number of piperazine rings is 1. The maximum absolute atomic E-state index is 14.5. The molecule has 0 radical (unpaired) electrons. The number of urea groups is 1. The molecule has 2 heterocycles. The number of amides is 3. The van der Waals surface area contributed by atoms with Crippen molar-refractivity contribution in [3.63, 3.8) is 0 Å². The standard InChI is InChI=1S/C31H32Cl2N4O4/c1-20(2)41-27-18-25(40-3)12-13-26(27)30-34-28(21-4-8-23(32)9-5-21)29(22-6-10-24(33)11-7-22)37(30)31(39)36-16-14-35(19-38)15-17-36/h4-13,18-20,28-29H,14-17H2,1-3H3. The number of benzene rings is 3. The molecule has 3 aromatic carbocycles. The number of halogens is 2. The highest BCUT2D eigenvalue weighted by Gasteiger charge is 2.45. The van der Waals surface area contributed by atoms with Crippen LogP contribution < -0.4 is 9.47 Å². The molecule has 3 amide bonds. The highest BCUT2D eigenvalue weighted by molar-refractivity contribution is 6.30. The van der Waals surface area contributed by atoms with Crippen molar-refractivity contribution < 1.29 is 19.1 Å². The summed E-state index contributed by atoms with van der Waals surface area (Å²) in [7, 11) is 1.60. The minimum absolute atomic E-state index is 0.123. The van der Waals surface area contributed by atoms with Gasteiger partial charge in [-0.05, 0) is 61.4 Å². The van der Waals surface area contributed by atoms with E-state index >= 15 is 0 Å². The van der Waals surface area contributed by atoms with E-state index in [-0.39, 0.29) is 12.1 Å². The van der Waals surface area contributed by atoms with Crippen LogP contribution in [0.4, 0.5) is 4.79 Å². The number of ether oxygens (including phenoxy) is 2. The lowest BCUT2D eigenvalue weighted by Gasteiger charge is -2.38. The molecule has 41 heavy (non-hydrogen) atoms. The summed E-state index contributed by atoms with van der Waals surface area (Å²) in [6.45, 7) is 5.65. The number of nitrogens with zero attached hydrogens (tertiary/aromatic N) is 4. The van der Waals surface area contributed by atoms with Crippen LogP contribution in [0.1, 0.15) is 42.6 Å². The highest BCUT2D eigenvalue weighted by atomic mass is 35.5. The van der Waals surface area contributed by atoms with Gasteiger partial charge in [-0.1, -0.05) is 47.5 Å². The number of rotatable bonds is 7. The van der Waals surface area contributed by atoms with Crippen molar-refractivity contribution >= 4 is 41.5 Å². The van der Waals surface area contributed by atoms with E-state index < -0.39 is 12.1 Å². The Morgan fingerprint density at radius 2 is 1.54 bits per heavy atom. The first kappa shape index (κ1) is 28.8. The van der Waals surface area contributed by atoms with Crippen molar-refractivity contribution in [1.82, 2.24) is 14.7 Å². The Kier molecular flexibility index (Phi) is 8.71. The molecular formula is C31H32Cl2N4O4. The molecule has 0 bridgehead atoms. The smallest absolute Gasteiger partial charge is 0.326 e. The first-order valence-corrected chi connectivity index (χ1v) is 14.3. The topological polar surface area (TPSA) is 74.7 Å². The molecule has 5 rings (SSSR count). The number of aliphatic imine (C=N–C) groups is 1. The van der Waals surface area contributed by atoms with Crippen molar-refractivity contribution in [2.75, 3.05) is 33.3 Å². The van der Waals surface area contributed by atoms with Crippen LogP contribution in [0, 0.1) is 0 Å². The van der Waals surface area contributed by atoms with Gasteiger partial charge in [0.1, 0.15) is 23.4 Å². The van der Waals surface area contributed by atoms with Crippen LogP contribution in [0.25, 0.3) is 0 Å². The Bertz CT molecular complexity index is 1420. The third-order valence-electron chi connectivity index (χ3n) is 7.22. The summed E-state index contributed by atoms with van der Waals surface area (Å²) >= 11 is 12.5. The Balaban J connectivity index is 1.68. The van der Waals surface area contributed by atoms with E-state index in [0.29, 0.717) is 59.1 Å². The van der Waals surface area contributed by atoms with Crippen LogP contribution >= 0.6 is 23.2 Å². The molecular weight excluding hydrogens is 563 g/mol. The van der Waals surface area contributed by atoms with E-state index in [9.17, 15) is 9.59 Å². The van der Waals surface area contributed by atoms with Crippen LogP contribution in [-0.4, -0.2) is 72.4 Å². The molecule has 10 heteroatoms. The molecule has 3 aromatic rings. The van der Waals surface area contributed by atoms with Gasteiger partial charge in [-0.2, -0.15) is 0 Å². The predicted molar refractivity (Wildman–Crippen MR) is 160 cm³/mol. The second-order valence-corrected chi connectivity index (χ2v) is 11.1. The Labute approximate surface area is 250 Å². The first-order chi connectivity index (χ1) is 19.8. The van der Waals surface area contributed by atoms with E-state index in [1.807, 2.05) is 80.6 Å². The SMILES string of the molecule is COc1ccc(C2=NC(c3ccc(Cl)cc3)C(c3ccc(Cl)cc3)N2C(=O)N2CCN(C=O)CC2)c(OC(C)C)c1. The van der Waals surface area contributed by atoms with Crippen LogP contribution in [-0.2, 0) is 4.79 Å². The van der Waals surface area contributed by atoms with Crippen molar-refractivity contribution in [3.05, 3.63) is 93.5 Å².